The highest BCUT2D eigenvalue weighted by atomic mass is 16.3. The zero-order chi connectivity index (χ0) is 17.9. The number of benzene rings is 1. The number of hydrogen-bond acceptors (Lipinski definition) is 4. The first-order valence-corrected chi connectivity index (χ1v) is 8.18. The van der Waals surface area contributed by atoms with Gasteiger partial charge in [-0.1, -0.05) is 30.3 Å². The number of H-pyrrole nitrogens is 1. The second kappa shape index (κ2) is 6.68. The van der Waals surface area contributed by atoms with E-state index in [0.29, 0.717) is 0 Å². The second-order valence-corrected chi connectivity index (χ2v) is 5.91. The third-order valence-electron chi connectivity index (χ3n) is 4.07. The fourth-order valence-electron chi connectivity index (χ4n) is 2.71. The number of pyridine rings is 2. The first-order chi connectivity index (χ1) is 12.7. The summed E-state index contributed by atoms with van der Waals surface area (Å²) >= 11 is 0. The molecular formula is C20H17N5O. The molecule has 0 amide bonds. The quantitative estimate of drug-likeness (QED) is 0.483. The van der Waals surface area contributed by atoms with E-state index in [1.807, 2.05) is 35.7 Å². The summed E-state index contributed by atoms with van der Waals surface area (Å²) in [4.78, 5) is 8.43. The molecule has 5 rings (SSSR count). The molecule has 0 radical (unpaired) electrons. The Hall–Kier alpha value is -3.67. The van der Waals surface area contributed by atoms with Crippen molar-refractivity contribution in [1.29, 1.82) is 0 Å². The Bertz CT molecular complexity index is 1160. The molecular weight excluding hydrogens is 326 g/mol. The zero-order valence-corrected chi connectivity index (χ0v) is 14.2. The number of imidazole rings is 1. The maximum Gasteiger partial charge on any atom is 0.137 e. The van der Waals surface area contributed by atoms with Gasteiger partial charge >= 0.3 is 0 Å². The van der Waals surface area contributed by atoms with Crippen LogP contribution in [-0.4, -0.2) is 29.7 Å². The predicted octanol–water partition coefficient (Wildman–Crippen LogP) is 3.97. The fraction of sp³-hybridized carbons (Fsp3) is 0.0500. The minimum atomic E-state index is 0.263. The van der Waals surface area contributed by atoms with Crippen LogP contribution in [0.5, 0.6) is 5.75 Å². The van der Waals surface area contributed by atoms with E-state index in [0.717, 1.165) is 27.9 Å². The van der Waals surface area contributed by atoms with Crippen LogP contribution in [0.2, 0.25) is 0 Å². The highest BCUT2D eigenvalue weighted by Gasteiger charge is 2.01. The highest BCUT2D eigenvalue weighted by molar-refractivity contribution is 5.79. The summed E-state index contributed by atoms with van der Waals surface area (Å²) in [6.45, 7) is 1.94. The molecule has 0 aliphatic rings. The topological polar surface area (TPSA) is 79.1 Å². The molecule has 0 atom stereocenters. The molecule has 1 aromatic carbocycles. The van der Waals surface area contributed by atoms with Gasteiger partial charge in [0.25, 0.3) is 0 Å². The molecule has 0 aliphatic carbocycles. The van der Waals surface area contributed by atoms with Gasteiger partial charge in [0.1, 0.15) is 16.9 Å². The number of nitrogens with zero attached hydrogens (tertiary/aromatic N) is 4. The van der Waals surface area contributed by atoms with Gasteiger partial charge in [-0.3, -0.25) is 10.1 Å². The summed E-state index contributed by atoms with van der Waals surface area (Å²) < 4.78 is 1.84. The molecule has 4 heterocycles. The summed E-state index contributed by atoms with van der Waals surface area (Å²) in [5.41, 5.74) is 6.02. The Morgan fingerprint density at radius 1 is 0.923 bits per heavy atom. The lowest BCUT2D eigenvalue weighted by Gasteiger charge is -1.99. The van der Waals surface area contributed by atoms with Crippen molar-refractivity contribution in [3.8, 4) is 16.9 Å². The van der Waals surface area contributed by atoms with Gasteiger partial charge in [0.05, 0.1) is 17.9 Å². The summed E-state index contributed by atoms with van der Waals surface area (Å²) in [5.74, 6) is 0.263. The van der Waals surface area contributed by atoms with E-state index in [2.05, 4.69) is 38.4 Å². The lowest BCUT2D eigenvalue weighted by molar-refractivity contribution is 0.471. The normalized spacial score (nSPS) is 10.7. The molecule has 4 aromatic heterocycles. The molecule has 5 aromatic rings. The Labute approximate surface area is 149 Å². The van der Waals surface area contributed by atoms with E-state index in [1.165, 1.54) is 5.56 Å². The maximum absolute atomic E-state index is 9.12. The van der Waals surface area contributed by atoms with Gasteiger partial charge in [0.15, 0.2) is 0 Å². The fourth-order valence-corrected chi connectivity index (χ4v) is 2.71. The van der Waals surface area contributed by atoms with Gasteiger partial charge in [0.2, 0.25) is 0 Å². The van der Waals surface area contributed by atoms with Gasteiger partial charge in [-0.15, -0.1) is 0 Å². The number of aromatic hydroxyl groups is 1. The molecule has 0 spiro atoms. The lowest BCUT2D eigenvalue weighted by Crippen LogP contribution is -1.84. The maximum atomic E-state index is 9.12. The van der Waals surface area contributed by atoms with E-state index >= 15 is 0 Å². The van der Waals surface area contributed by atoms with Crippen LogP contribution in [0.15, 0.2) is 73.3 Å². The van der Waals surface area contributed by atoms with Crippen molar-refractivity contribution < 1.29 is 5.11 Å². The predicted molar refractivity (Wildman–Crippen MR) is 101 cm³/mol. The van der Waals surface area contributed by atoms with Gasteiger partial charge in [-0.25, -0.2) is 4.98 Å². The van der Waals surface area contributed by atoms with Crippen molar-refractivity contribution in [2.75, 3.05) is 0 Å². The number of aromatic nitrogens is 5. The van der Waals surface area contributed by atoms with Crippen LogP contribution in [0.1, 0.15) is 5.69 Å². The molecule has 6 nitrogen and oxygen atoms in total. The van der Waals surface area contributed by atoms with Crippen LogP contribution in [0.3, 0.4) is 0 Å². The summed E-state index contributed by atoms with van der Waals surface area (Å²) in [5, 5.41) is 16.0. The average Bonchev–Trinajstić information content (AvgIpc) is 3.29. The minimum Gasteiger partial charge on any atom is -0.506 e. The smallest absolute Gasteiger partial charge is 0.137 e. The average molecular weight is 343 g/mol. The summed E-state index contributed by atoms with van der Waals surface area (Å²) in [6, 6.07) is 15.7. The SMILES string of the molecule is Cc1cnc2ccc(O)cn12.c1ccc(-c2cnc3cn[nH]c3c2)cc1. The van der Waals surface area contributed by atoms with Crippen molar-refractivity contribution in [1.82, 2.24) is 24.6 Å². The largest absolute Gasteiger partial charge is 0.506 e. The Morgan fingerprint density at radius 3 is 2.62 bits per heavy atom. The minimum absolute atomic E-state index is 0.263. The van der Waals surface area contributed by atoms with Gasteiger partial charge in [0, 0.05) is 23.7 Å². The summed E-state index contributed by atoms with van der Waals surface area (Å²) in [6.07, 6.45) is 7.02. The molecule has 0 bridgehead atoms. The monoisotopic (exact) mass is 343 g/mol. The van der Waals surface area contributed by atoms with Gasteiger partial charge < -0.3 is 9.51 Å². The van der Waals surface area contributed by atoms with E-state index < -0.39 is 0 Å². The van der Waals surface area contributed by atoms with Crippen LogP contribution in [0, 0.1) is 6.92 Å². The molecule has 0 unspecified atom stereocenters. The number of rotatable bonds is 1. The van der Waals surface area contributed by atoms with Crippen LogP contribution in [-0.2, 0) is 0 Å². The molecule has 26 heavy (non-hydrogen) atoms. The third kappa shape index (κ3) is 3.12. The number of hydrogen-bond donors (Lipinski definition) is 2. The summed E-state index contributed by atoms with van der Waals surface area (Å²) in [7, 11) is 0. The third-order valence-corrected chi connectivity index (χ3v) is 4.07. The van der Waals surface area contributed by atoms with E-state index in [9.17, 15) is 0 Å². The van der Waals surface area contributed by atoms with Crippen molar-refractivity contribution in [3.05, 3.63) is 79.0 Å². The van der Waals surface area contributed by atoms with Gasteiger partial charge in [-0.05, 0) is 30.7 Å². The molecule has 0 aliphatic heterocycles. The van der Waals surface area contributed by atoms with Crippen LogP contribution in [0.4, 0.5) is 0 Å². The number of aryl methyl sites for hydroxylation is 1. The number of aromatic amines is 1. The molecule has 2 N–H and O–H groups in total. The zero-order valence-electron chi connectivity index (χ0n) is 14.2. The second-order valence-electron chi connectivity index (χ2n) is 5.91. The van der Waals surface area contributed by atoms with Crippen molar-refractivity contribution >= 4 is 16.7 Å². The first-order valence-electron chi connectivity index (χ1n) is 8.18. The van der Waals surface area contributed by atoms with Crippen LogP contribution in [0.25, 0.3) is 27.8 Å². The van der Waals surface area contributed by atoms with Crippen molar-refractivity contribution in [3.63, 3.8) is 0 Å². The lowest BCUT2D eigenvalue weighted by atomic mass is 10.1. The van der Waals surface area contributed by atoms with Crippen LogP contribution < -0.4 is 0 Å². The Balaban J connectivity index is 0.000000136. The van der Waals surface area contributed by atoms with E-state index in [4.69, 9.17) is 5.11 Å². The molecule has 0 fully saturated rings. The standard InChI is InChI=1S/C12H9N3.C8H8N2O/c1-2-4-9(5-3-1)10-6-11-12(13-7-10)8-14-15-11;1-6-4-9-8-3-2-7(11)5-10(6)8/h1-8H,(H,14,15);2-5,11H,1H3. The molecule has 6 heteroatoms. The number of nitrogens with one attached hydrogen (secondary N) is 1. The van der Waals surface area contributed by atoms with Gasteiger partial charge in [-0.2, -0.15) is 5.10 Å². The van der Waals surface area contributed by atoms with E-state index in [1.54, 1.807) is 30.7 Å². The van der Waals surface area contributed by atoms with Crippen molar-refractivity contribution in [2.45, 2.75) is 6.92 Å². The number of fused-ring (bicyclic) bond motifs is 2. The highest BCUT2D eigenvalue weighted by Crippen LogP contribution is 2.20. The molecule has 0 saturated heterocycles. The molecule has 128 valence electrons. The molecule has 0 saturated carbocycles. The van der Waals surface area contributed by atoms with E-state index in [-0.39, 0.29) is 5.75 Å². The Morgan fingerprint density at radius 2 is 1.77 bits per heavy atom. The van der Waals surface area contributed by atoms with Crippen molar-refractivity contribution in [2.24, 2.45) is 0 Å². The Kier molecular flexibility index (Phi) is 4.07. The van der Waals surface area contributed by atoms with Crippen LogP contribution >= 0.6 is 0 Å². The first kappa shape index (κ1) is 15.8.